The summed E-state index contributed by atoms with van der Waals surface area (Å²) in [5, 5.41) is 30.1. The summed E-state index contributed by atoms with van der Waals surface area (Å²) >= 11 is 0. The zero-order valence-corrected chi connectivity index (χ0v) is 12.0. The second kappa shape index (κ2) is 5.77. The molecule has 112 valence electrons. The number of rotatable bonds is 3. The largest absolute Gasteiger partial charge is 0.478 e. The number of aliphatic carboxylic acids is 1. The van der Waals surface area contributed by atoms with E-state index in [1.165, 1.54) is 25.1 Å². The van der Waals surface area contributed by atoms with E-state index in [0.717, 1.165) is 0 Å². The Morgan fingerprint density at radius 3 is 2.59 bits per heavy atom. The first-order valence-corrected chi connectivity index (χ1v) is 6.50. The number of benzene rings is 1. The molecule has 7 nitrogen and oxygen atoms in total. The number of hydrogen-bond acceptors (Lipinski definition) is 5. The third kappa shape index (κ3) is 2.46. The molecule has 0 amide bonds. The highest BCUT2D eigenvalue weighted by Crippen LogP contribution is 2.41. The van der Waals surface area contributed by atoms with E-state index in [0.29, 0.717) is 5.71 Å². The Balaban J connectivity index is 2.75. The first-order valence-electron chi connectivity index (χ1n) is 6.50. The third-order valence-corrected chi connectivity index (χ3v) is 3.67. The van der Waals surface area contributed by atoms with Gasteiger partial charge in [-0.3, -0.25) is 15.1 Å². The van der Waals surface area contributed by atoms with Crippen LogP contribution in [-0.4, -0.2) is 21.7 Å². The number of aliphatic imine (C=N–C) groups is 1. The molecule has 0 fully saturated rings. The van der Waals surface area contributed by atoms with Gasteiger partial charge in [0.1, 0.15) is 0 Å². The summed E-state index contributed by atoms with van der Waals surface area (Å²) in [6, 6.07) is 7.91. The highest BCUT2D eigenvalue weighted by molar-refractivity contribution is 5.98. The smallest absolute Gasteiger partial charge is 0.334 e. The van der Waals surface area contributed by atoms with Crippen LogP contribution in [0.25, 0.3) is 0 Å². The van der Waals surface area contributed by atoms with E-state index in [4.69, 9.17) is 0 Å². The minimum atomic E-state index is -1.22. The van der Waals surface area contributed by atoms with Gasteiger partial charge < -0.3 is 5.11 Å². The van der Waals surface area contributed by atoms with Crippen LogP contribution in [0.2, 0.25) is 0 Å². The molecule has 2 rings (SSSR count). The number of para-hydroxylation sites is 1. The molecule has 2 atom stereocenters. The molecule has 0 saturated heterocycles. The summed E-state index contributed by atoms with van der Waals surface area (Å²) < 4.78 is 0. The van der Waals surface area contributed by atoms with Crippen molar-refractivity contribution in [3.63, 3.8) is 0 Å². The van der Waals surface area contributed by atoms with Gasteiger partial charge in [-0.1, -0.05) is 18.2 Å². The Bertz CT molecular complexity index is 758. The summed E-state index contributed by atoms with van der Waals surface area (Å²) in [5.41, 5.74) is 0.651. The van der Waals surface area contributed by atoms with Crippen LogP contribution in [0.4, 0.5) is 5.69 Å². The molecule has 1 aliphatic heterocycles. The van der Waals surface area contributed by atoms with Gasteiger partial charge in [-0.05, 0) is 13.8 Å². The highest BCUT2D eigenvalue weighted by Gasteiger charge is 2.40. The maximum atomic E-state index is 11.6. The average Bonchev–Trinajstić information content (AvgIpc) is 2.45. The second-order valence-electron chi connectivity index (χ2n) is 4.96. The van der Waals surface area contributed by atoms with Crippen LogP contribution in [0, 0.1) is 27.4 Å². The van der Waals surface area contributed by atoms with Crippen molar-refractivity contribution in [2.24, 2.45) is 10.9 Å². The van der Waals surface area contributed by atoms with Crippen LogP contribution in [-0.2, 0) is 4.79 Å². The number of carboxylic acid groups (broad SMARTS) is 1. The fourth-order valence-electron chi connectivity index (χ4n) is 2.73. The van der Waals surface area contributed by atoms with Crippen molar-refractivity contribution < 1.29 is 14.8 Å². The molecule has 1 aliphatic rings. The molecular weight excluding hydrogens is 286 g/mol. The fourth-order valence-corrected chi connectivity index (χ4v) is 2.73. The van der Waals surface area contributed by atoms with Gasteiger partial charge in [0.05, 0.1) is 22.5 Å². The van der Waals surface area contributed by atoms with Crippen LogP contribution in [0.3, 0.4) is 0 Å². The van der Waals surface area contributed by atoms with Crippen LogP contribution in [0.1, 0.15) is 25.3 Å². The first-order chi connectivity index (χ1) is 10.4. The fraction of sp³-hybridized carbons (Fsp3) is 0.267. The number of nitro benzene ring substituents is 1. The van der Waals surface area contributed by atoms with Crippen molar-refractivity contribution in [3.05, 3.63) is 51.2 Å². The van der Waals surface area contributed by atoms with Crippen LogP contribution < -0.4 is 0 Å². The first kappa shape index (κ1) is 15.4. The van der Waals surface area contributed by atoms with Gasteiger partial charge >= 0.3 is 5.97 Å². The van der Waals surface area contributed by atoms with Gasteiger partial charge in [0.2, 0.25) is 0 Å². The third-order valence-electron chi connectivity index (χ3n) is 3.67. The van der Waals surface area contributed by atoms with Gasteiger partial charge in [0.15, 0.2) is 0 Å². The number of hydrogen-bond donors (Lipinski definition) is 1. The van der Waals surface area contributed by atoms with E-state index in [1.54, 1.807) is 13.0 Å². The van der Waals surface area contributed by atoms with Gasteiger partial charge in [-0.25, -0.2) is 4.79 Å². The number of allylic oxidation sites excluding steroid dienone is 1. The second-order valence-corrected chi connectivity index (χ2v) is 4.96. The van der Waals surface area contributed by atoms with E-state index in [9.17, 15) is 25.3 Å². The zero-order chi connectivity index (χ0) is 16.4. The molecule has 0 aromatic heterocycles. The predicted octanol–water partition coefficient (Wildman–Crippen LogP) is 2.65. The Kier molecular flexibility index (Phi) is 4.04. The Morgan fingerprint density at radius 1 is 1.41 bits per heavy atom. The summed E-state index contributed by atoms with van der Waals surface area (Å²) in [5.74, 6) is -2.99. The van der Waals surface area contributed by atoms with E-state index >= 15 is 0 Å². The molecular formula is C15H13N3O4. The topological polar surface area (TPSA) is 117 Å². The molecule has 1 heterocycles. The lowest BCUT2D eigenvalue weighted by atomic mass is 9.76. The van der Waals surface area contributed by atoms with Crippen molar-refractivity contribution in [3.8, 4) is 6.07 Å². The highest BCUT2D eigenvalue weighted by atomic mass is 16.6. The maximum absolute atomic E-state index is 11.6. The van der Waals surface area contributed by atoms with Crippen molar-refractivity contribution in [2.45, 2.75) is 19.8 Å². The number of nitriles is 1. The average molecular weight is 299 g/mol. The lowest BCUT2D eigenvalue weighted by Gasteiger charge is -2.27. The van der Waals surface area contributed by atoms with Crippen LogP contribution in [0.5, 0.6) is 0 Å². The van der Waals surface area contributed by atoms with E-state index in [2.05, 4.69) is 4.99 Å². The Hall–Kier alpha value is -3.01. The SMILES string of the molecule is CC1=NC(C)=C(C(=O)O)C(c2ccccc2[N+](=O)[O-])C1C#N. The summed E-state index contributed by atoms with van der Waals surface area (Å²) in [4.78, 5) is 26.4. The van der Waals surface area contributed by atoms with Crippen molar-refractivity contribution in [1.82, 2.24) is 0 Å². The molecule has 1 aromatic rings. The van der Waals surface area contributed by atoms with Gasteiger partial charge in [0, 0.05) is 29.0 Å². The molecule has 1 aromatic carbocycles. The van der Waals surface area contributed by atoms with E-state index < -0.39 is 22.7 Å². The number of carbonyl (C=O) groups is 1. The summed E-state index contributed by atoms with van der Waals surface area (Å²) in [7, 11) is 0. The maximum Gasteiger partial charge on any atom is 0.334 e. The molecule has 7 heteroatoms. The Labute approximate surface area is 126 Å². The Morgan fingerprint density at radius 2 is 2.05 bits per heavy atom. The lowest BCUT2D eigenvalue weighted by Crippen LogP contribution is -2.29. The molecule has 0 bridgehead atoms. The van der Waals surface area contributed by atoms with Crippen molar-refractivity contribution in [1.29, 1.82) is 5.26 Å². The van der Waals surface area contributed by atoms with E-state index in [-0.39, 0.29) is 22.5 Å². The quantitative estimate of drug-likeness (QED) is 0.680. The van der Waals surface area contributed by atoms with Gasteiger partial charge in [-0.15, -0.1) is 0 Å². The number of carboxylic acids is 1. The predicted molar refractivity (Wildman–Crippen MR) is 78.4 cm³/mol. The minimum absolute atomic E-state index is 0.0774. The van der Waals surface area contributed by atoms with E-state index in [1.807, 2.05) is 6.07 Å². The minimum Gasteiger partial charge on any atom is -0.478 e. The monoisotopic (exact) mass is 299 g/mol. The molecule has 1 N–H and O–H groups in total. The van der Waals surface area contributed by atoms with Crippen LogP contribution >= 0.6 is 0 Å². The normalized spacial score (nSPS) is 21.0. The van der Waals surface area contributed by atoms with Crippen molar-refractivity contribution >= 4 is 17.4 Å². The molecule has 2 unspecified atom stereocenters. The molecule has 22 heavy (non-hydrogen) atoms. The molecule has 0 spiro atoms. The molecule has 0 radical (unpaired) electrons. The summed E-state index contributed by atoms with van der Waals surface area (Å²) in [6.07, 6.45) is 0. The number of nitro groups is 1. The van der Waals surface area contributed by atoms with Gasteiger partial charge in [-0.2, -0.15) is 5.26 Å². The summed E-state index contributed by atoms with van der Waals surface area (Å²) in [6.45, 7) is 3.15. The zero-order valence-electron chi connectivity index (χ0n) is 12.0. The van der Waals surface area contributed by atoms with Crippen LogP contribution in [0.15, 0.2) is 40.5 Å². The van der Waals surface area contributed by atoms with Crippen molar-refractivity contribution in [2.75, 3.05) is 0 Å². The standard InChI is InChI=1S/C15H13N3O4/c1-8-11(7-16)14(13(15(19)20)9(2)17-8)10-5-3-4-6-12(10)18(21)22/h3-6,11,14H,1-2H3,(H,19,20). The number of nitrogens with zero attached hydrogens (tertiary/aromatic N) is 3. The molecule has 0 aliphatic carbocycles. The van der Waals surface area contributed by atoms with Gasteiger partial charge in [0.25, 0.3) is 5.69 Å². The molecule has 0 saturated carbocycles. The lowest BCUT2D eigenvalue weighted by molar-refractivity contribution is -0.385.